The standard InChI is InChI=1S/C32H30N4O4/c37-30-14-9-22-7-10-25(11-8-22)40-27-12-13-28-23(20-27)15-18-36(32(38)29-6-2-17-34-35-29)31(28)24-4-1-5-26(21-24)39-19-3-16-33-30/h1-2,4-8,10-13,17,20-21,31H,3,9,14-16,18-19H2,(H,33,37). The van der Waals surface area contributed by atoms with E-state index in [0.717, 1.165) is 39.5 Å². The Kier molecular flexibility index (Phi) is 7.39. The number of ether oxygens (including phenoxy) is 2. The van der Waals surface area contributed by atoms with E-state index in [1.165, 1.54) is 0 Å². The Hall–Kier alpha value is -4.72. The molecule has 3 aromatic carbocycles. The van der Waals surface area contributed by atoms with E-state index in [9.17, 15) is 9.59 Å². The lowest BCUT2D eigenvalue weighted by Crippen LogP contribution is -2.41. The van der Waals surface area contributed by atoms with E-state index in [2.05, 4.69) is 21.6 Å². The summed E-state index contributed by atoms with van der Waals surface area (Å²) in [5, 5.41) is 11.0. The van der Waals surface area contributed by atoms with Crippen molar-refractivity contribution in [3.8, 4) is 17.2 Å². The van der Waals surface area contributed by atoms with Crippen molar-refractivity contribution in [2.24, 2.45) is 0 Å². The Morgan fingerprint density at radius 3 is 2.62 bits per heavy atom. The lowest BCUT2D eigenvalue weighted by atomic mass is 9.87. The fourth-order valence-corrected chi connectivity index (χ4v) is 5.28. The van der Waals surface area contributed by atoms with Crippen LogP contribution in [-0.2, 0) is 17.6 Å². The number of carbonyl (C=O) groups is 2. The predicted molar refractivity (Wildman–Crippen MR) is 149 cm³/mol. The largest absolute Gasteiger partial charge is 0.494 e. The van der Waals surface area contributed by atoms with Gasteiger partial charge in [0.25, 0.3) is 5.91 Å². The van der Waals surface area contributed by atoms with Gasteiger partial charge < -0.3 is 19.7 Å². The van der Waals surface area contributed by atoms with Gasteiger partial charge in [-0.25, -0.2) is 0 Å². The first-order valence-electron chi connectivity index (χ1n) is 13.6. The van der Waals surface area contributed by atoms with Gasteiger partial charge in [0.1, 0.15) is 17.2 Å². The molecule has 1 atom stereocenters. The van der Waals surface area contributed by atoms with Crippen LogP contribution in [0.1, 0.15) is 51.6 Å². The number of fused-ring (bicyclic) bond motifs is 1. The van der Waals surface area contributed by atoms with Crippen molar-refractivity contribution >= 4 is 11.8 Å². The number of nitrogens with zero attached hydrogens (tertiary/aromatic N) is 3. The molecule has 8 nitrogen and oxygen atoms in total. The third kappa shape index (κ3) is 5.66. The molecule has 8 heteroatoms. The number of hydrogen-bond donors (Lipinski definition) is 1. The first-order valence-corrected chi connectivity index (χ1v) is 13.6. The lowest BCUT2D eigenvalue weighted by Gasteiger charge is -2.37. The molecule has 4 aromatic rings. The van der Waals surface area contributed by atoms with Crippen LogP contribution in [0.15, 0.2) is 85.1 Å². The Morgan fingerprint density at radius 1 is 0.900 bits per heavy atom. The Bertz CT molecular complexity index is 1510. The molecule has 0 saturated heterocycles. The van der Waals surface area contributed by atoms with Crippen LogP contribution >= 0.6 is 0 Å². The van der Waals surface area contributed by atoms with Gasteiger partial charge in [0, 0.05) is 25.7 Å². The van der Waals surface area contributed by atoms with Crippen LogP contribution in [0, 0.1) is 0 Å². The van der Waals surface area contributed by atoms with Gasteiger partial charge in [-0.3, -0.25) is 9.59 Å². The van der Waals surface area contributed by atoms with E-state index in [0.29, 0.717) is 51.1 Å². The van der Waals surface area contributed by atoms with Crippen molar-refractivity contribution < 1.29 is 19.1 Å². The quantitative estimate of drug-likeness (QED) is 0.374. The third-order valence-corrected chi connectivity index (χ3v) is 7.28. The van der Waals surface area contributed by atoms with Gasteiger partial charge >= 0.3 is 0 Å². The molecule has 5 heterocycles. The lowest BCUT2D eigenvalue weighted by molar-refractivity contribution is -0.121. The minimum atomic E-state index is -0.330. The van der Waals surface area contributed by atoms with Crippen LogP contribution in [0.3, 0.4) is 0 Å². The topological polar surface area (TPSA) is 93.7 Å². The van der Waals surface area contributed by atoms with E-state index in [-0.39, 0.29) is 17.9 Å². The van der Waals surface area contributed by atoms with Crippen molar-refractivity contribution in [1.29, 1.82) is 0 Å². The number of rotatable bonds is 1. The van der Waals surface area contributed by atoms with E-state index in [1.807, 2.05) is 65.6 Å². The maximum atomic E-state index is 13.7. The predicted octanol–water partition coefficient (Wildman–Crippen LogP) is 4.89. The van der Waals surface area contributed by atoms with Gasteiger partial charge in [0.15, 0.2) is 5.69 Å². The summed E-state index contributed by atoms with van der Waals surface area (Å²) < 4.78 is 12.2. The van der Waals surface area contributed by atoms with Crippen LogP contribution in [0.25, 0.3) is 0 Å². The van der Waals surface area contributed by atoms with Gasteiger partial charge in [0.05, 0.1) is 12.6 Å². The molecule has 8 rings (SSSR count). The normalized spacial score (nSPS) is 17.2. The summed E-state index contributed by atoms with van der Waals surface area (Å²) in [5.41, 5.74) is 4.50. The zero-order valence-corrected chi connectivity index (χ0v) is 22.1. The molecule has 40 heavy (non-hydrogen) atoms. The highest BCUT2D eigenvalue weighted by Crippen LogP contribution is 2.39. The van der Waals surface area contributed by atoms with E-state index >= 15 is 0 Å². The van der Waals surface area contributed by atoms with Gasteiger partial charge in [-0.05, 0) is 90.0 Å². The van der Waals surface area contributed by atoms with E-state index in [1.54, 1.807) is 18.3 Å². The van der Waals surface area contributed by atoms with Crippen molar-refractivity contribution in [2.45, 2.75) is 31.7 Å². The second-order valence-corrected chi connectivity index (χ2v) is 9.99. The van der Waals surface area contributed by atoms with Gasteiger partial charge in [0.2, 0.25) is 5.91 Å². The van der Waals surface area contributed by atoms with E-state index in [4.69, 9.17) is 9.47 Å². The molecule has 0 fully saturated rings. The molecule has 2 amide bonds. The molecule has 0 radical (unpaired) electrons. The molecule has 4 aliphatic heterocycles. The molecule has 1 aromatic heterocycles. The van der Waals surface area contributed by atoms with Crippen molar-refractivity contribution in [3.63, 3.8) is 0 Å². The smallest absolute Gasteiger partial charge is 0.275 e. The second-order valence-electron chi connectivity index (χ2n) is 9.99. The third-order valence-electron chi connectivity index (χ3n) is 7.28. The number of nitrogens with one attached hydrogen (secondary N) is 1. The summed E-state index contributed by atoms with van der Waals surface area (Å²) in [4.78, 5) is 27.8. The highest BCUT2D eigenvalue weighted by atomic mass is 16.5. The second kappa shape index (κ2) is 11.6. The molecule has 8 bridgehead atoms. The summed E-state index contributed by atoms with van der Waals surface area (Å²) in [6, 6.07) is 24.9. The Morgan fingerprint density at radius 2 is 1.77 bits per heavy atom. The number of aromatic nitrogens is 2. The van der Waals surface area contributed by atoms with Crippen LogP contribution in [0.4, 0.5) is 0 Å². The van der Waals surface area contributed by atoms with Crippen LogP contribution in [-0.4, -0.2) is 46.6 Å². The van der Waals surface area contributed by atoms with Crippen LogP contribution < -0.4 is 14.8 Å². The minimum Gasteiger partial charge on any atom is -0.494 e. The van der Waals surface area contributed by atoms with Crippen molar-refractivity contribution in [1.82, 2.24) is 20.4 Å². The van der Waals surface area contributed by atoms with Gasteiger partial charge in [-0.2, -0.15) is 5.10 Å². The zero-order valence-electron chi connectivity index (χ0n) is 22.1. The van der Waals surface area contributed by atoms with Crippen LogP contribution in [0.5, 0.6) is 17.2 Å². The maximum Gasteiger partial charge on any atom is 0.275 e. The molecule has 4 aliphatic rings. The minimum absolute atomic E-state index is 0.0229. The Labute approximate surface area is 233 Å². The summed E-state index contributed by atoms with van der Waals surface area (Å²) in [5.74, 6) is 2.04. The molecule has 1 unspecified atom stereocenters. The Balaban J connectivity index is 1.38. The molecule has 1 N–H and O–H groups in total. The summed E-state index contributed by atoms with van der Waals surface area (Å²) >= 11 is 0. The van der Waals surface area contributed by atoms with Crippen molar-refractivity contribution in [3.05, 3.63) is 113 Å². The fourth-order valence-electron chi connectivity index (χ4n) is 5.28. The van der Waals surface area contributed by atoms with Crippen molar-refractivity contribution in [2.75, 3.05) is 19.7 Å². The maximum absolute atomic E-state index is 13.7. The SMILES string of the molecule is O=C1CCc2ccc(cc2)Oc2ccc3c(c2)CCN(C(=O)c2cccnn2)C3c2cccc(c2)OCCCN1. The van der Waals surface area contributed by atoms with Gasteiger partial charge in [-0.15, -0.1) is 5.10 Å². The molecular weight excluding hydrogens is 504 g/mol. The average Bonchev–Trinajstić information content (AvgIpc) is 3.00. The van der Waals surface area contributed by atoms with Crippen LogP contribution in [0.2, 0.25) is 0 Å². The fraction of sp³-hybridized carbons (Fsp3) is 0.250. The first-order chi connectivity index (χ1) is 19.6. The number of aryl methyl sites for hydroxylation is 1. The number of amides is 2. The number of hydrogen-bond acceptors (Lipinski definition) is 6. The number of carbonyl (C=O) groups excluding carboxylic acids is 2. The average molecular weight is 535 g/mol. The monoisotopic (exact) mass is 534 g/mol. The molecule has 0 aliphatic carbocycles. The first kappa shape index (κ1) is 25.6. The molecule has 0 saturated carbocycles. The highest BCUT2D eigenvalue weighted by molar-refractivity contribution is 5.93. The molecular formula is C32H30N4O4. The highest BCUT2D eigenvalue weighted by Gasteiger charge is 2.33. The van der Waals surface area contributed by atoms with E-state index < -0.39 is 0 Å². The van der Waals surface area contributed by atoms with Gasteiger partial charge in [-0.1, -0.05) is 30.3 Å². The zero-order chi connectivity index (χ0) is 27.3. The summed E-state index contributed by atoms with van der Waals surface area (Å²) in [7, 11) is 0. The summed E-state index contributed by atoms with van der Waals surface area (Å²) in [6.45, 7) is 1.54. The summed E-state index contributed by atoms with van der Waals surface area (Å²) in [6.07, 6.45) is 4.03. The molecule has 0 spiro atoms. The molecule has 202 valence electrons. The number of benzene rings is 3.